The van der Waals surface area contributed by atoms with E-state index in [-0.39, 0.29) is 23.5 Å². The summed E-state index contributed by atoms with van der Waals surface area (Å²) in [6.07, 6.45) is -4.37. The van der Waals surface area contributed by atoms with Gasteiger partial charge in [-0.25, -0.2) is 14.8 Å². The van der Waals surface area contributed by atoms with Crippen molar-refractivity contribution in [2.75, 3.05) is 14.1 Å². The number of hydrogen-bond donors (Lipinski definition) is 0. The lowest BCUT2D eigenvalue weighted by molar-refractivity contribution is -0.137. The topological polar surface area (TPSA) is 82.4 Å². The van der Waals surface area contributed by atoms with E-state index in [4.69, 9.17) is 0 Å². The van der Waals surface area contributed by atoms with Crippen molar-refractivity contribution in [2.24, 2.45) is 9.98 Å². The number of Topliss-reactive ketones (excluding diaryl/α,β-unsaturated/α-hetero) is 1. The van der Waals surface area contributed by atoms with Gasteiger partial charge in [-0.15, -0.1) is 0 Å². The molecule has 1 fully saturated rings. The summed E-state index contributed by atoms with van der Waals surface area (Å²) in [5, 5.41) is 0. The Morgan fingerprint density at radius 3 is 2.22 bits per heavy atom. The van der Waals surface area contributed by atoms with Crippen molar-refractivity contribution in [1.82, 2.24) is 9.80 Å². The van der Waals surface area contributed by atoms with Gasteiger partial charge in [0.1, 0.15) is 5.84 Å². The molecule has 4 rings (SSSR count). The van der Waals surface area contributed by atoms with Crippen LogP contribution in [0.3, 0.4) is 0 Å². The Morgan fingerprint density at radius 1 is 1.00 bits per heavy atom. The van der Waals surface area contributed by atoms with Gasteiger partial charge in [0.15, 0.2) is 5.71 Å². The van der Waals surface area contributed by atoms with Crippen LogP contribution < -0.4 is 0 Å². The number of alkyl halides is 3. The average molecular weight is 442 g/mol. The van der Waals surface area contributed by atoms with E-state index >= 15 is 0 Å². The van der Waals surface area contributed by atoms with E-state index in [1.165, 1.54) is 14.1 Å². The largest absolute Gasteiger partial charge is 0.416 e. The summed E-state index contributed by atoms with van der Waals surface area (Å²) >= 11 is 0. The molecule has 7 nitrogen and oxygen atoms in total. The van der Waals surface area contributed by atoms with E-state index < -0.39 is 35.1 Å². The number of fused-ring (bicyclic) bond motifs is 1. The van der Waals surface area contributed by atoms with Crippen LogP contribution >= 0.6 is 0 Å². The number of ketones is 1. The van der Waals surface area contributed by atoms with Gasteiger partial charge in [0.05, 0.1) is 5.56 Å². The highest BCUT2D eigenvalue weighted by Crippen LogP contribution is 2.35. The molecule has 0 aromatic heterocycles. The van der Waals surface area contributed by atoms with Crippen molar-refractivity contribution < 1.29 is 27.6 Å². The summed E-state index contributed by atoms with van der Waals surface area (Å²) in [5.74, 6) is -1.44. The van der Waals surface area contributed by atoms with Crippen molar-refractivity contribution in [3.05, 3.63) is 71.3 Å². The fourth-order valence-corrected chi connectivity index (χ4v) is 3.69. The van der Waals surface area contributed by atoms with Crippen LogP contribution in [0.25, 0.3) is 0 Å². The maximum absolute atomic E-state index is 13.5. The summed E-state index contributed by atoms with van der Waals surface area (Å²) in [6.45, 7) is 0. The third-order valence-electron chi connectivity index (χ3n) is 5.42. The predicted octanol–water partition coefficient (Wildman–Crippen LogP) is 3.20. The van der Waals surface area contributed by atoms with E-state index in [1.807, 2.05) is 30.3 Å². The standard InChI is InChI=1S/C22H17F3N4O3/c1-28-19(31)17-21(29(2)20(28)32,27-16(26-17)12-13-6-4-3-5-7-13)18(30)14-8-10-15(11-9-14)22(23,24)25/h3-11H,12H2,1-2H3. The summed E-state index contributed by atoms with van der Waals surface area (Å²) < 4.78 is 38.8. The van der Waals surface area contributed by atoms with Gasteiger partial charge in [-0.05, 0) is 17.7 Å². The Balaban J connectivity index is 1.81. The second-order valence-electron chi connectivity index (χ2n) is 7.43. The Kier molecular flexibility index (Phi) is 4.95. The highest BCUT2D eigenvalue weighted by Gasteiger charge is 2.60. The number of benzene rings is 2. The molecule has 1 atom stereocenters. The van der Waals surface area contributed by atoms with Gasteiger partial charge in [0.2, 0.25) is 11.4 Å². The molecule has 0 bridgehead atoms. The Hall–Kier alpha value is -3.82. The first-order chi connectivity index (χ1) is 15.1. The van der Waals surface area contributed by atoms with Gasteiger partial charge in [0, 0.05) is 26.1 Å². The van der Waals surface area contributed by atoms with Crippen molar-refractivity contribution in [3.8, 4) is 0 Å². The van der Waals surface area contributed by atoms with Crippen molar-refractivity contribution in [1.29, 1.82) is 0 Å². The van der Waals surface area contributed by atoms with Gasteiger partial charge < -0.3 is 0 Å². The summed E-state index contributed by atoms with van der Waals surface area (Å²) in [7, 11) is 2.56. The molecule has 1 saturated heterocycles. The van der Waals surface area contributed by atoms with Gasteiger partial charge in [-0.1, -0.05) is 42.5 Å². The molecule has 10 heteroatoms. The minimum absolute atomic E-state index is 0.132. The number of carbonyl (C=O) groups is 3. The minimum atomic E-state index is -4.57. The highest BCUT2D eigenvalue weighted by atomic mass is 19.4. The first kappa shape index (κ1) is 21.4. The molecule has 0 radical (unpaired) electrons. The molecule has 164 valence electrons. The molecule has 1 unspecified atom stereocenters. The number of nitrogens with zero attached hydrogens (tertiary/aromatic N) is 4. The van der Waals surface area contributed by atoms with Crippen LogP contribution in [-0.2, 0) is 17.4 Å². The van der Waals surface area contributed by atoms with Crippen LogP contribution in [0.1, 0.15) is 21.5 Å². The van der Waals surface area contributed by atoms with Crippen molar-refractivity contribution >= 4 is 29.3 Å². The fourth-order valence-electron chi connectivity index (χ4n) is 3.69. The summed E-state index contributed by atoms with van der Waals surface area (Å²) in [4.78, 5) is 49.6. The number of carbonyl (C=O) groups excluding carboxylic acids is 3. The maximum atomic E-state index is 13.5. The third kappa shape index (κ3) is 3.28. The van der Waals surface area contributed by atoms with Crippen LogP contribution in [0.4, 0.5) is 18.0 Å². The first-order valence-corrected chi connectivity index (χ1v) is 9.55. The van der Waals surface area contributed by atoms with E-state index in [9.17, 15) is 27.6 Å². The zero-order valence-electron chi connectivity index (χ0n) is 17.1. The number of halogens is 3. The van der Waals surface area contributed by atoms with E-state index in [1.54, 1.807) is 0 Å². The second kappa shape index (κ2) is 7.40. The van der Waals surface area contributed by atoms with Crippen LogP contribution in [0.5, 0.6) is 0 Å². The van der Waals surface area contributed by atoms with Gasteiger partial charge in [-0.2, -0.15) is 13.2 Å². The first-order valence-electron chi connectivity index (χ1n) is 9.55. The number of amides is 3. The SMILES string of the molecule is CN1C(=O)C2=NC(Cc3ccccc3)=NC2(C(=O)c2ccc(C(F)(F)F)cc2)N(C)C1=O. The quantitative estimate of drug-likeness (QED) is 0.682. The molecule has 32 heavy (non-hydrogen) atoms. The fraction of sp³-hybridized carbons (Fsp3) is 0.227. The molecule has 2 aromatic carbocycles. The van der Waals surface area contributed by atoms with Crippen LogP contribution in [0.15, 0.2) is 64.6 Å². The molecule has 3 amide bonds. The molecule has 0 N–H and O–H groups in total. The highest BCUT2D eigenvalue weighted by molar-refractivity contribution is 6.53. The number of aliphatic imine (C=N–C) groups is 2. The van der Waals surface area contributed by atoms with Crippen LogP contribution in [-0.4, -0.2) is 58.8 Å². The number of amidine groups is 1. The van der Waals surface area contributed by atoms with E-state index in [0.29, 0.717) is 0 Å². The minimum Gasteiger partial charge on any atom is -0.290 e. The number of rotatable bonds is 4. The Labute approximate surface area is 180 Å². The lowest BCUT2D eigenvalue weighted by atomic mass is 9.89. The molecule has 0 spiro atoms. The zero-order valence-corrected chi connectivity index (χ0v) is 17.1. The molecule has 0 aliphatic carbocycles. The van der Waals surface area contributed by atoms with Gasteiger partial charge >= 0.3 is 12.2 Å². The molecule has 2 heterocycles. The predicted molar refractivity (Wildman–Crippen MR) is 109 cm³/mol. The smallest absolute Gasteiger partial charge is 0.290 e. The molecular formula is C22H17F3N4O3. The van der Waals surface area contributed by atoms with Gasteiger partial charge in [-0.3, -0.25) is 19.4 Å². The average Bonchev–Trinajstić information content (AvgIpc) is 3.16. The Bertz CT molecular complexity index is 1170. The van der Waals surface area contributed by atoms with E-state index in [2.05, 4.69) is 9.98 Å². The third-order valence-corrected chi connectivity index (χ3v) is 5.42. The van der Waals surface area contributed by atoms with Crippen LogP contribution in [0.2, 0.25) is 0 Å². The number of urea groups is 1. The number of likely N-dealkylation sites (N-methyl/N-ethyl adjacent to an activating group) is 1. The Morgan fingerprint density at radius 2 is 1.62 bits per heavy atom. The molecule has 2 aromatic rings. The zero-order chi connectivity index (χ0) is 23.3. The lowest BCUT2D eigenvalue weighted by Crippen LogP contribution is -2.69. The molecular weight excluding hydrogens is 425 g/mol. The summed E-state index contributed by atoms with van der Waals surface area (Å²) in [6, 6.07) is 11.8. The van der Waals surface area contributed by atoms with E-state index in [0.717, 1.165) is 39.6 Å². The van der Waals surface area contributed by atoms with Crippen molar-refractivity contribution in [3.63, 3.8) is 0 Å². The van der Waals surface area contributed by atoms with Gasteiger partial charge in [0.25, 0.3) is 5.91 Å². The maximum Gasteiger partial charge on any atom is 0.416 e. The molecule has 2 aliphatic rings. The second-order valence-corrected chi connectivity index (χ2v) is 7.43. The lowest BCUT2D eigenvalue weighted by Gasteiger charge is -2.41. The summed E-state index contributed by atoms with van der Waals surface area (Å²) in [5.41, 5.74) is -2.58. The number of imide groups is 1. The normalized spacial score (nSPS) is 20.8. The molecule has 0 saturated carbocycles. The molecule has 2 aliphatic heterocycles. The van der Waals surface area contributed by atoms with Crippen LogP contribution in [0, 0.1) is 0 Å². The number of hydrogen-bond acceptors (Lipinski definition) is 5. The van der Waals surface area contributed by atoms with Crippen molar-refractivity contribution in [2.45, 2.75) is 18.3 Å². The monoisotopic (exact) mass is 442 g/mol.